The van der Waals surface area contributed by atoms with Gasteiger partial charge in [0.25, 0.3) is 5.91 Å². The third-order valence-corrected chi connectivity index (χ3v) is 4.87. The molecule has 8 heteroatoms. The maximum atomic E-state index is 12.4. The summed E-state index contributed by atoms with van der Waals surface area (Å²) in [6.45, 7) is 0.00619. The van der Waals surface area contributed by atoms with Crippen LogP contribution in [-0.4, -0.2) is 34.3 Å². The highest BCUT2D eigenvalue weighted by Gasteiger charge is 2.39. The van der Waals surface area contributed by atoms with Gasteiger partial charge in [-0.3, -0.25) is 9.69 Å². The van der Waals surface area contributed by atoms with E-state index in [0.29, 0.717) is 5.69 Å². The number of amides is 3. The fraction of sp³-hybridized carbons (Fsp3) is 0.353. The molecule has 0 saturated carbocycles. The van der Waals surface area contributed by atoms with E-state index in [-0.39, 0.29) is 6.54 Å². The molecule has 1 aliphatic rings. The van der Waals surface area contributed by atoms with Gasteiger partial charge in [-0.2, -0.15) is 0 Å². The molecule has 0 spiro atoms. The normalized spacial score (nSPS) is 17.4. The molecule has 2 heterocycles. The molecule has 25 heavy (non-hydrogen) atoms. The summed E-state index contributed by atoms with van der Waals surface area (Å²) in [6.07, 6.45) is -1.69. The Bertz CT molecular complexity index is 751. The molecule has 2 aromatic rings. The first-order chi connectivity index (χ1) is 12.0. The summed E-state index contributed by atoms with van der Waals surface area (Å²) in [6, 6.07) is 8.23. The van der Waals surface area contributed by atoms with Gasteiger partial charge < -0.3 is 5.32 Å². The Hall–Kier alpha value is -2.35. The molecule has 0 radical (unpaired) electrons. The lowest BCUT2D eigenvalue weighted by Gasteiger charge is -2.11. The van der Waals surface area contributed by atoms with Gasteiger partial charge >= 0.3 is 6.03 Å². The zero-order chi connectivity index (χ0) is 17.8. The molecule has 1 atom stereocenters. The minimum atomic E-state index is -2.64. The van der Waals surface area contributed by atoms with Gasteiger partial charge in [-0.25, -0.2) is 18.6 Å². The van der Waals surface area contributed by atoms with E-state index in [1.54, 1.807) is 5.38 Å². The van der Waals surface area contributed by atoms with E-state index in [0.717, 1.165) is 22.7 Å². The Labute approximate surface area is 147 Å². The van der Waals surface area contributed by atoms with Crippen LogP contribution in [0.3, 0.4) is 0 Å². The number of alkyl halides is 2. The van der Waals surface area contributed by atoms with Crippen LogP contribution in [0.1, 0.15) is 22.7 Å². The van der Waals surface area contributed by atoms with Crippen LogP contribution in [0.5, 0.6) is 0 Å². The van der Waals surface area contributed by atoms with Crippen LogP contribution < -0.4 is 5.32 Å². The van der Waals surface area contributed by atoms with Crippen molar-refractivity contribution >= 4 is 23.3 Å². The molecule has 0 bridgehead atoms. The van der Waals surface area contributed by atoms with Gasteiger partial charge in [-0.05, 0) is 12.0 Å². The molecular weight excluding hydrogens is 348 g/mol. The minimum absolute atomic E-state index is 0.00619. The van der Waals surface area contributed by atoms with Crippen molar-refractivity contribution in [1.82, 2.24) is 15.2 Å². The monoisotopic (exact) mass is 365 g/mol. The molecule has 3 rings (SSSR count). The number of nitrogens with zero attached hydrogens (tertiary/aromatic N) is 2. The number of benzene rings is 1. The lowest BCUT2D eigenvalue weighted by Crippen LogP contribution is -2.32. The number of rotatable bonds is 7. The van der Waals surface area contributed by atoms with E-state index < -0.39 is 30.8 Å². The Morgan fingerprint density at radius 1 is 1.20 bits per heavy atom. The average molecular weight is 365 g/mol. The molecule has 1 fully saturated rings. The van der Waals surface area contributed by atoms with Crippen molar-refractivity contribution in [3.63, 3.8) is 0 Å². The van der Waals surface area contributed by atoms with Gasteiger partial charge in [-0.1, -0.05) is 30.3 Å². The van der Waals surface area contributed by atoms with Crippen LogP contribution in [0.25, 0.3) is 0 Å². The zero-order valence-corrected chi connectivity index (χ0v) is 14.1. The molecule has 3 amide bonds. The summed E-state index contributed by atoms with van der Waals surface area (Å²) < 4.78 is 24.9. The summed E-state index contributed by atoms with van der Waals surface area (Å²) >= 11 is 1.47. The van der Waals surface area contributed by atoms with Crippen LogP contribution in [0.2, 0.25) is 0 Å². The number of aromatic nitrogens is 1. The van der Waals surface area contributed by atoms with E-state index in [1.807, 2.05) is 30.3 Å². The van der Waals surface area contributed by atoms with Crippen LogP contribution >= 0.6 is 11.3 Å². The Kier molecular flexibility index (Phi) is 5.37. The van der Waals surface area contributed by atoms with Crippen molar-refractivity contribution in [1.29, 1.82) is 0 Å². The van der Waals surface area contributed by atoms with E-state index in [2.05, 4.69) is 10.3 Å². The lowest BCUT2D eigenvalue weighted by molar-refractivity contribution is -0.128. The number of hydrogen-bond donors (Lipinski definition) is 1. The number of thiazole rings is 1. The Morgan fingerprint density at radius 2 is 1.96 bits per heavy atom. The molecular formula is C17H17F2N3O2S. The molecule has 1 saturated heterocycles. The quantitative estimate of drug-likeness (QED) is 0.768. The molecule has 1 N–H and O–H groups in total. The summed E-state index contributed by atoms with van der Waals surface area (Å²) in [4.78, 5) is 29.3. The first-order valence-electron chi connectivity index (χ1n) is 7.90. The third kappa shape index (κ3) is 4.39. The van der Waals surface area contributed by atoms with Gasteiger partial charge in [-0.15, -0.1) is 11.3 Å². The molecule has 132 valence electrons. The van der Waals surface area contributed by atoms with Crippen LogP contribution in [-0.2, 0) is 24.2 Å². The number of carbonyl (C=O) groups is 2. The number of halogens is 2. The average Bonchev–Trinajstić information content (AvgIpc) is 3.14. The first kappa shape index (κ1) is 17.5. The van der Waals surface area contributed by atoms with Gasteiger partial charge in [0.05, 0.1) is 17.2 Å². The molecule has 0 unspecified atom stereocenters. The fourth-order valence-corrected chi connectivity index (χ4v) is 3.45. The molecule has 1 aromatic carbocycles. The van der Waals surface area contributed by atoms with E-state index in [9.17, 15) is 18.4 Å². The summed E-state index contributed by atoms with van der Waals surface area (Å²) in [7, 11) is 0. The second-order valence-electron chi connectivity index (χ2n) is 5.77. The molecule has 0 aliphatic carbocycles. The van der Waals surface area contributed by atoms with Crippen molar-refractivity contribution in [2.45, 2.75) is 38.3 Å². The third-order valence-electron chi connectivity index (χ3n) is 3.91. The highest BCUT2D eigenvalue weighted by Crippen LogP contribution is 2.19. The van der Waals surface area contributed by atoms with Gasteiger partial charge in [0.1, 0.15) is 6.04 Å². The number of nitrogens with one attached hydrogen (secondary N) is 1. The zero-order valence-electron chi connectivity index (χ0n) is 13.3. The highest BCUT2D eigenvalue weighted by atomic mass is 32.1. The topological polar surface area (TPSA) is 62.3 Å². The smallest absolute Gasteiger partial charge is 0.325 e. The van der Waals surface area contributed by atoms with Crippen molar-refractivity contribution in [3.8, 4) is 0 Å². The fourth-order valence-electron chi connectivity index (χ4n) is 2.66. The van der Waals surface area contributed by atoms with Crippen LogP contribution in [0, 0.1) is 0 Å². The van der Waals surface area contributed by atoms with Crippen molar-refractivity contribution in [3.05, 3.63) is 52.0 Å². The Balaban J connectivity index is 1.57. The predicted octanol–water partition coefficient (Wildman–Crippen LogP) is 3.00. The summed E-state index contributed by atoms with van der Waals surface area (Å²) in [5.74, 6) is -0.621. The molecule has 1 aromatic heterocycles. The maximum absolute atomic E-state index is 12.4. The van der Waals surface area contributed by atoms with E-state index in [4.69, 9.17) is 0 Å². The van der Waals surface area contributed by atoms with Crippen LogP contribution in [0.15, 0.2) is 35.7 Å². The first-order valence-corrected chi connectivity index (χ1v) is 8.78. The maximum Gasteiger partial charge on any atom is 0.325 e. The van der Waals surface area contributed by atoms with Gasteiger partial charge in [0.15, 0.2) is 0 Å². The standard InChI is InChI=1S/C17H17F2N3O2S/c18-14(19)8-13-16(23)22(17(24)21-13)9-12-10-25-15(20-12)7-6-11-4-2-1-3-5-11/h1-5,10,13-14H,6-9H2,(H,21,24)/t13-/m1/s1. The van der Waals surface area contributed by atoms with E-state index in [1.165, 1.54) is 16.9 Å². The number of imide groups is 1. The number of aryl methyl sites for hydroxylation is 2. The molecule has 5 nitrogen and oxygen atoms in total. The second kappa shape index (κ2) is 7.69. The van der Waals surface area contributed by atoms with Crippen molar-refractivity contribution < 1.29 is 18.4 Å². The summed E-state index contributed by atoms with van der Waals surface area (Å²) in [5.41, 5.74) is 1.80. The van der Waals surface area contributed by atoms with Crippen molar-refractivity contribution in [2.24, 2.45) is 0 Å². The molecule has 1 aliphatic heterocycles. The largest absolute Gasteiger partial charge is 0.326 e. The number of carbonyl (C=O) groups excluding carboxylic acids is 2. The summed E-state index contributed by atoms with van der Waals surface area (Å²) in [5, 5.41) is 5.00. The SMILES string of the molecule is O=C1N[C@H](CC(F)F)C(=O)N1Cc1csc(CCc2ccccc2)n1. The minimum Gasteiger partial charge on any atom is -0.326 e. The number of hydrogen-bond acceptors (Lipinski definition) is 4. The van der Waals surface area contributed by atoms with Gasteiger partial charge in [0, 0.05) is 18.2 Å². The number of urea groups is 1. The van der Waals surface area contributed by atoms with E-state index >= 15 is 0 Å². The highest BCUT2D eigenvalue weighted by molar-refractivity contribution is 7.09. The lowest BCUT2D eigenvalue weighted by atomic mass is 10.1. The van der Waals surface area contributed by atoms with Crippen LogP contribution in [0.4, 0.5) is 13.6 Å². The second-order valence-corrected chi connectivity index (χ2v) is 6.71. The van der Waals surface area contributed by atoms with Crippen molar-refractivity contribution in [2.75, 3.05) is 0 Å². The Morgan fingerprint density at radius 3 is 2.68 bits per heavy atom. The predicted molar refractivity (Wildman–Crippen MR) is 89.5 cm³/mol. The van der Waals surface area contributed by atoms with Gasteiger partial charge in [0.2, 0.25) is 6.43 Å².